The fraction of sp³-hybridized carbons (Fsp3) is 0.464. The third kappa shape index (κ3) is 5.44. The highest BCUT2D eigenvalue weighted by atomic mass is 16.7. The Morgan fingerprint density at radius 2 is 1.85 bits per heavy atom. The zero-order valence-corrected chi connectivity index (χ0v) is 23.4. The molecule has 0 bridgehead atoms. The molecule has 0 spiro atoms. The molecule has 2 aliphatic rings. The van der Waals surface area contributed by atoms with Crippen LogP contribution in [-0.4, -0.2) is 64.4 Å². The highest BCUT2D eigenvalue weighted by Crippen LogP contribution is 2.36. The van der Waals surface area contributed by atoms with Crippen LogP contribution >= 0.6 is 0 Å². The summed E-state index contributed by atoms with van der Waals surface area (Å²) < 4.78 is 25.8. The van der Waals surface area contributed by atoms with Gasteiger partial charge in [-0.2, -0.15) is 5.10 Å². The summed E-state index contributed by atoms with van der Waals surface area (Å²) in [5, 5.41) is 7.30. The fourth-order valence-electron chi connectivity index (χ4n) is 4.62. The van der Waals surface area contributed by atoms with E-state index in [1.54, 1.807) is 23.1 Å². The second kappa shape index (κ2) is 10.4. The minimum absolute atomic E-state index is 0.163. The van der Waals surface area contributed by atoms with E-state index >= 15 is 0 Å². The Bertz CT molecular complexity index is 1340. The molecular formula is C28H36BN5O5. The highest BCUT2D eigenvalue weighted by Gasteiger charge is 2.51. The van der Waals surface area contributed by atoms with E-state index in [0.29, 0.717) is 25.4 Å². The molecule has 0 unspecified atom stereocenters. The van der Waals surface area contributed by atoms with Crippen LogP contribution in [0.2, 0.25) is 0 Å². The van der Waals surface area contributed by atoms with Crippen LogP contribution in [0.5, 0.6) is 0 Å². The first-order chi connectivity index (χ1) is 18.4. The van der Waals surface area contributed by atoms with Crippen molar-refractivity contribution in [1.82, 2.24) is 20.1 Å². The van der Waals surface area contributed by atoms with E-state index in [4.69, 9.17) is 24.5 Å². The number of nitrogens with two attached hydrogens (primary N) is 1. The van der Waals surface area contributed by atoms with Crippen LogP contribution in [0, 0.1) is 6.92 Å². The van der Waals surface area contributed by atoms with Crippen molar-refractivity contribution in [3.63, 3.8) is 0 Å². The van der Waals surface area contributed by atoms with Gasteiger partial charge in [-0.1, -0.05) is 24.3 Å². The van der Waals surface area contributed by atoms with Gasteiger partial charge in [-0.15, -0.1) is 0 Å². The number of amides is 1. The van der Waals surface area contributed by atoms with Crippen molar-refractivity contribution in [2.24, 2.45) is 7.05 Å². The molecule has 2 atom stereocenters. The summed E-state index contributed by atoms with van der Waals surface area (Å²) in [6.45, 7) is 11.2. The number of hydrogen-bond donors (Lipinski definition) is 2. The van der Waals surface area contributed by atoms with Crippen molar-refractivity contribution in [3.8, 4) is 11.1 Å². The molecule has 2 saturated heterocycles. The Hall–Kier alpha value is -3.25. The van der Waals surface area contributed by atoms with Gasteiger partial charge in [-0.05, 0) is 51.7 Å². The molecule has 4 heterocycles. The quantitative estimate of drug-likeness (QED) is 0.444. The van der Waals surface area contributed by atoms with E-state index in [1.807, 2.05) is 65.9 Å². The van der Waals surface area contributed by atoms with Crippen molar-refractivity contribution in [2.45, 2.75) is 64.6 Å². The maximum Gasteiger partial charge on any atom is 0.494 e. The number of nitrogens with one attached hydrogen (secondary N) is 1. The highest BCUT2D eigenvalue weighted by molar-refractivity contribution is 6.62. The molecule has 2 aromatic heterocycles. The number of carbonyl (C=O) groups is 1. The van der Waals surface area contributed by atoms with Crippen LogP contribution in [0.25, 0.3) is 11.1 Å². The van der Waals surface area contributed by atoms with E-state index in [2.05, 4.69) is 15.4 Å². The van der Waals surface area contributed by atoms with Crippen LogP contribution < -0.4 is 16.5 Å². The van der Waals surface area contributed by atoms with Crippen molar-refractivity contribution < 1.29 is 23.6 Å². The summed E-state index contributed by atoms with van der Waals surface area (Å²) in [5.41, 5.74) is 10.2. The van der Waals surface area contributed by atoms with Gasteiger partial charge in [0.2, 0.25) is 0 Å². The number of rotatable bonds is 7. The molecule has 3 aromatic rings. The molecule has 3 N–H and O–H groups in total. The standard InChI is InChI=1S/C28H36BN5O5/c1-17-22(13-32-34(17)6)19-11-21(25(30)31-12-19)26(35)33-23-15-36-16-24(23)37-14-18-7-9-20(10-8-18)29-38-27(2,3)28(4,5)39-29/h7-13,23-24H,14-16H2,1-6H3,(H2,30,31)(H,33,35)/t23-,24-/m0/s1. The summed E-state index contributed by atoms with van der Waals surface area (Å²) in [6, 6.07) is 9.43. The Morgan fingerprint density at radius 3 is 2.49 bits per heavy atom. The van der Waals surface area contributed by atoms with Gasteiger partial charge in [0.05, 0.1) is 48.8 Å². The van der Waals surface area contributed by atoms with E-state index in [9.17, 15) is 4.79 Å². The van der Waals surface area contributed by atoms with Crippen LogP contribution in [0.1, 0.15) is 49.3 Å². The molecule has 206 valence electrons. The number of carbonyl (C=O) groups excluding carboxylic acids is 1. The maximum absolute atomic E-state index is 13.2. The maximum atomic E-state index is 13.2. The van der Waals surface area contributed by atoms with Gasteiger partial charge in [0, 0.05) is 30.1 Å². The van der Waals surface area contributed by atoms with Gasteiger partial charge in [0.15, 0.2) is 0 Å². The lowest BCUT2D eigenvalue weighted by Gasteiger charge is -2.32. The summed E-state index contributed by atoms with van der Waals surface area (Å²) in [4.78, 5) is 17.4. The predicted molar refractivity (Wildman–Crippen MR) is 148 cm³/mol. The zero-order valence-electron chi connectivity index (χ0n) is 23.4. The van der Waals surface area contributed by atoms with Gasteiger partial charge in [0.25, 0.3) is 5.91 Å². The molecule has 2 fully saturated rings. The number of pyridine rings is 1. The SMILES string of the molecule is Cc1c(-c2cnc(N)c(C(=O)N[C@H]3COC[C@@H]3OCc3ccc(B4OC(C)(C)C(C)(C)O4)cc3)c2)cnn1C. The Morgan fingerprint density at radius 1 is 1.15 bits per heavy atom. The predicted octanol–water partition coefficient (Wildman–Crippen LogP) is 2.39. The van der Waals surface area contributed by atoms with Gasteiger partial charge in [0.1, 0.15) is 11.9 Å². The van der Waals surface area contributed by atoms with Gasteiger partial charge >= 0.3 is 7.12 Å². The molecule has 1 aromatic carbocycles. The minimum Gasteiger partial charge on any atom is -0.399 e. The zero-order chi connectivity index (χ0) is 27.9. The van der Waals surface area contributed by atoms with Crippen LogP contribution in [0.4, 0.5) is 5.82 Å². The van der Waals surface area contributed by atoms with E-state index in [0.717, 1.165) is 27.8 Å². The molecule has 10 nitrogen and oxygen atoms in total. The fourth-order valence-corrected chi connectivity index (χ4v) is 4.62. The minimum atomic E-state index is -0.407. The van der Waals surface area contributed by atoms with Gasteiger partial charge in [-0.3, -0.25) is 9.48 Å². The van der Waals surface area contributed by atoms with Crippen molar-refractivity contribution >= 4 is 24.3 Å². The second-order valence-electron chi connectivity index (χ2n) is 11.2. The lowest BCUT2D eigenvalue weighted by atomic mass is 9.79. The van der Waals surface area contributed by atoms with E-state index in [-0.39, 0.29) is 35.1 Å². The number of ether oxygens (including phenoxy) is 2. The normalized spacial score (nSPS) is 21.8. The molecule has 0 aliphatic carbocycles. The molecular weight excluding hydrogens is 497 g/mol. The van der Waals surface area contributed by atoms with Crippen LogP contribution in [0.3, 0.4) is 0 Å². The van der Waals surface area contributed by atoms with E-state index in [1.165, 1.54) is 0 Å². The summed E-state index contributed by atoms with van der Waals surface area (Å²) in [7, 11) is 1.46. The number of hydrogen-bond acceptors (Lipinski definition) is 8. The third-order valence-corrected chi connectivity index (χ3v) is 8.02. The molecule has 11 heteroatoms. The monoisotopic (exact) mass is 533 g/mol. The van der Waals surface area contributed by atoms with Gasteiger partial charge < -0.3 is 29.8 Å². The molecule has 1 amide bonds. The topological polar surface area (TPSA) is 123 Å². The van der Waals surface area contributed by atoms with Crippen molar-refractivity contribution in [1.29, 1.82) is 0 Å². The molecule has 5 rings (SSSR count). The van der Waals surface area contributed by atoms with Gasteiger partial charge in [-0.25, -0.2) is 4.98 Å². The molecule has 39 heavy (non-hydrogen) atoms. The first-order valence-electron chi connectivity index (χ1n) is 13.1. The summed E-state index contributed by atoms with van der Waals surface area (Å²) >= 11 is 0. The number of aryl methyl sites for hydroxylation is 1. The number of nitrogens with zero attached hydrogens (tertiary/aromatic N) is 3. The lowest BCUT2D eigenvalue weighted by molar-refractivity contribution is 0.00578. The molecule has 2 aliphatic heterocycles. The molecule has 0 saturated carbocycles. The van der Waals surface area contributed by atoms with Crippen LogP contribution in [-0.2, 0) is 32.4 Å². The number of aromatic nitrogens is 3. The Labute approximate surface area is 229 Å². The van der Waals surface area contributed by atoms with Crippen LogP contribution in [0.15, 0.2) is 42.7 Å². The van der Waals surface area contributed by atoms with E-state index < -0.39 is 7.12 Å². The number of anilines is 1. The number of benzene rings is 1. The Kier molecular flexibility index (Phi) is 7.28. The van der Waals surface area contributed by atoms with Crippen molar-refractivity contribution in [3.05, 3.63) is 59.5 Å². The first kappa shape index (κ1) is 27.3. The summed E-state index contributed by atoms with van der Waals surface area (Å²) in [6.07, 6.45) is 3.11. The molecule has 0 radical (unpaired) electrons. The summed E-state index contributed by atoms with van der Waals surface area (Å²) in [5.74, 6) is -0.157. The lowest BCUT2D eigenvalue weighted by Crippen LogP contribution is -2.44. The third-order valence-electron chi connectivity index (χ3n) is 8.02. The second-order valence-corrected chi connectivity index (χ2v) is 11.2. The van der Waals surface area contributed by atoms with Crippen molar-refractivity contribution in [2.75, 3.05) is 18.9 Å². The first-order valence-corrected chi connectivity index (χ1v) is 13.1. The Balaban J connectivity index is 1.20. The smallest absolute Gasteiger partial charge is 0.399 e. The largest absolute Gasteiger partial charge is 0.494 e. The average molecular weight is 533 g/mol. The number of nitrogen functional groups attached to an aromatic ring is 1. The average Bonchev–Trinajstić information content (AvgIpc) is 3.54.